The minimum Gasteiger partial charge on any atom is -0.463 e. The van der Waals surface area contributed by atoms with Crippen LogP contribution in [0.5, 0.6) is 0 Å². The molecular weight excluding hydrogens is 416 g/mol. The average molecular weight is 451 g/mol. The standard InChI is InChI=1S/C26H34N2O3Si/c1-8-9-14-31-24(29)13-10-18-15-20(28(4)5)17-23-25(18)26(30)21-12-11-19(27(2)3)16-22(21)32(23,6)7/h10-13,15-17H,8-9,14H2,1-7H3/b13-10+. The number of carbonyl (C=O) groups excluding carboxylic acids is 2. The highest BCUT2D eigenvalue weighted by molar-refractivity contribution is 7.02. The number of anilines is 2. The number of ketones is 1. The Balaban J connectivity index is 2.14. The molecule has 0 saturated carbocycles. The monoisotopic (exact) mass is 450 g/mol. The highest BCUT2D eigenvalue weighted by Crippen LogP contribution is 2.29. The Morgan fingerprint density at radius 2 is 1.66 bits per heavy atom. The Bertz CT molecular complexity index is 1070. The van der Waals surface area contributed by atoms with E-state index in [0.29, 0.717) is 6.61 Å². The molecule has 0 saturated heterocycles. The molecule has 3 rings (SSSR count). The van der Waals surface area contributed by atoms with Gasteiger partial charge in [-0.15, -0.1) is 0 Å². The van der Waals surface area contributed by atoms with E-state index in [2.05, 4.69) is 37.1 Å². The van der Waals surface area contributed by atoms with E-state index in [-0.39, 0.29) is 11.8 Å². The van der Waals surface area contributed by atoms with Crippen LogP contribution in [0.3, 0.4) is 0 Å². The number of ether oxygens (including phenoxy) is 1. The Morgan fingerprint density at radius 3 is 2.28 bits per heavy atom. The molecule has 0 amide bonds. The van der Waals surface area contributed by atoms with Crippen molar-refractivity contribution in [2.45, 2.75) is 32.9 Å². The number of unbranched alkanes of at least 4 members (excludes halogenated alkanes) is 1. The van der Waals surface area contributed by atoms with Gasteiger partial charge < -0.3 is 14.5 Å². The van der Waals surface area contributed by atoms with Crippen LogP contribution in [0.2, 0.25) is 13.1 Å². The summed E-state index contributed by atoms with van der Waals surface area (Å²) >= 11 is 0. The van der Waals surface area contributed by atoms with Gasteiger partial charge in [0.25, 0.3) is 0 Å². The highest BCUT2D eigenvalue weighted by Gasteiger charge is 2.40. The topological polar surface area (TPSA) is 49.9 Å². The van der Waals surface area contributed by atoms with Crippen LogP contribution >= 0.6 is 0 Å². The van der Waals surface area contributed by atoms with Crippen molar-refractivity contribution in [1.82, 2.24) is 0 Å². The first kappa shape index (κ1) is 23.8. The fourth-order valence-corrected chi connectivity index (χ4v) is 7.17. The molecule has 170 valence electrons. The number of hydrogen-bond acceptors (Lipinski definition) is 5. The lowest BCUT2D eigenvalue weighted by Crippen LogP contribution is -2.60. The summed E-state index contributed by atoms with van der Waals surface area (Å²) in [7, 11) is 5.85. The molecule has 0 N–H and O–H groups in total. The van der Waals surface area contributed by atoms with Crippen LogP contribution in [0.4, 0.5) is 11.4 Å². The molecule has 0 bridgehead atoms. The van der Waals surface area contributed by atoms with Crippen LogP contribution in [-0.2, 0) is 9.53 Å². The van der Waals surface area contributed by atoms with E-state index in [1.54, 1.807) is 6.08 Å². The van der Waals surface area contributed by atoms with Gasteiger partial charge in [-0.2, -0.15) is 0 Å². The Morgan fingerprint density at radius 1 is 1.00 bits per heavy atom. The molecular formula is C26H34N2O3Si. The van der Waals surface area contributed by atoms with Gasteiger partial charge in [-0.25, -0.2) is 4.79 Å². The first-order valence-corrected chi connectivity index (χ1v) is 14.1. The smallest absolute Gasteiger partial charge is 0.330 e. The van der Waals surface area contributed by atoms with E-state index in [1.807, 2.05) is 51.3 Å². The van der Waals surface area contributed by atoms with Gasteiger partial charge in [-0.3, -0.25) is 4.79 Å². The molecule has 0 aliphatic carbocycles. The zero-order chi connectivity index (χ0) is 23.6. The number of nitrogens with zero attached hydrogens (tertiary/aromatic N) is 2. The maximum atomic E-state index is 13.7. The number of hydrogen-bond donors (Lipinski definition) is 0. The van der Waals surface area contributed by atoms with Crippen LogP contribution < -0.4 is 20.2 Å². The third kappa shape index (κ3) is 4.51. The molecule has 32 heavy (non-hydrogen) atoms. The lowest BCUT2D eigenvalue weighted by Gasteiger charge is -2.35. The SMILES string of the molecule is CCCCOC(=O)/C=C/c1cc(N(C)C)cc2c1C(=O)c1ccc(N(C)C)cc1[Si]2(C)C. The maximum Gasteiger partial charge on any atom is 0.330 e. The second kappa shape index (κ2) is 9.33. The third-order valence-corrected chi connectivity index (χ3v) is 9.65. The van der Waals surface area contributed by atoms with Crippen molar-refractivity contribution in [1.29, 1.82) is 0 Å². The quantitative estimate of drug-likeness (QED) is 0.280. The molecule has 1 heterocycles. The number of rotatable bonds is 7. The second-order valence-corrected chi connectivity index (χ2v) is 13.6. The molecule has 2 aromatic carbocycles. The fraction of sp³-hybridized carbons (Fsp3) is 0.385. The molecule has 0 unspecified atom stereocenters. The van der Waals surface area contributed by atoms with Crippen molar-refractivity contribution in [3.05, 3.63) is 53.1 Å². The fourth-order valence-electron chi connectivity index (χ4n) is 4.11. The van der Waals surface area contributed by atoms with Gasteiger partial charge in [-0.05, 0) is 58.8 Å². The summed E-state index contributed by atoms with van der Waals surface area (Å²) in [5.74, 6) is -0.352. The number of fused-ring (bicyclic) bond motifs is 2. The number of esters is 1. The van der Waals surface area contributed by atoms with Crippen LogP contribution in [-0.4, -0.2) is 54.6 Å². The van der Waals surface area contributed by atoms with E-state index < -0.39 is 8.07 Å². The summed E-state index contributed by atoms with van der Waals surface area (Å²) in [6.07, 6.45) is 4.99. The summed E-state index contributed by atoms with van der Waals surface area (Å²) in [6.45, 7) is 7.06. The van der Waals surface area contributed by atoms with Crippen molar-refractivity contribution in [3.63, 3.8) is 0 Å². The summed E-state index contributed by atoms with van der Waals surface area (Å²) in [6, 6.07) is 10.3. The van der Waals surface area contributed by atoms with Gasteiger partial charge >= 0.3 is 5.97 Å². The van der Waals surface area contributed by atoms with Gasteiger partial charge in [0, 0.05) is 56.8 Å². The highest BCUT2D eigenvalue weighted by atomic mass is 28.3. The van der Waals surface area contributed by atoms with Gasteiger partial charge in [0.15, 0.2) is 5.78 Å². The van der Waals surface area contributed by atoms with Crippen LogP contribution in [0, 0.1) is 0 Å². The van der Waals surface area contributed by atoms with Crippen molar-refractivity contribution >= 4 is 47.7 Å². The molecule has 0 atom stereocenters. The number of benzene rings is 2. The van der Waals surface area contributed by atoms with E-state index in [1.165, 1.54) is 6.08 Å². The van der Waals surface area contributed by atoms with Gasteiger partial charge in [0.2, 0.25) is 0 Å². The molecule has 0 aromatic heterocycles. The number of carbonyl (C=O) groups is 2. The van der Waals surface area contributed by atoms with Gasteiger partial charge in [-0.1, -0.05) is 26.4 Å². The van der Waals surface area contributed by atoms with Crippen LogP contribution in [0.1, 0.15) is 41.3 Å². The van der Waals surface area contributed by atoms with Crippen molar-refractivity contribution in [2.75, 3.05) is 44.6 Å². The Hall–Kier alpha value is -2.86. The van der Waals surface area contributed by atoms with Gasteiger partial charge in [0.05, 0.1) is 6.61 Å². The summed E-state index contributed by atoms with van der Waals surface area (Å²) in [4.78, 5) is 30.0. The predicted molar refractivity (Wildman–Crippen MR) is 137 cm³/mol. The third-order valence-electron chi connectivity index (χ3n) is 6.15. The summed E-state index contributed by atoms with van der Waals surface area (Å²) in [5.41, 5.74) is 4.38. The first-order chi connectivity index (χ1) is 15.1. The average Bonchev–Trinajstić information content (AvgIpc) is 2.75. The van der Waals surface area contributed by atoms with E-state index >= 15 is 0 Å². The Kier molecular flexibility index (Phi) is 6.93. The lowest BCUT2D eigenvalue weighted by atomic mass is 9.96. The predicted octanol–water partition coefficient (Wildman–Crippen LogP) is 3.54. The maximum absolute atomic E-state index is 13.7. The summed E-state index contributed by atoms with van der Waals surface area (Å²) < 4.78 is 5.27. The molecule has 1 aliphatic rings. The molecule has 2 aromatic rings. The van der Waals surface area contributed by atoms with E-state index in [0.717, 1.165) is 51.3 Å². The van der Waals surface area contributed by atoms with Crippen molar-refractivity contribution < 1.29 is 14.3 Å². The van der Waals surface area contributed by atoms with E-state index in [4.69, 9.17) is 4.74 Å². The molecule has 5 nitrogen and oxygen atoms in total. The molecule has 0 spiro atoms. The molecule has 1 aliphatic heterocycles. The van der Waals surface area contributed by atoms with Crippen molar-refractivity contribution in [3.8, 4) is 0 Å². The van der Waals surface area contributed by atoms with E-state index in [9.17, 15) is 9.59 Å². The Labute approximate surface area is 192 Å². The zero-order valence-corrected chi connectivity index (χ0v) is 21.3. The lowest BCUT2D eigenvalue weighted by molar-refractivity contribution is -0.137. The molecule has 6 heteroatoms. The normalized spacial score (nSPS) is 14.2. The van der Waals surface area contributed by atoms with Crippen molar-refractivity contribution in [2.24, 2.45) is 0 Å². The second-order valence-electron chi connectivity index (χ2n) is 9.28. The van der Waals surface area contributed by atoms with Crippen LogP contribution in [0.15, 0.2) is 36.4 Å². The van der Waals surface area contributed by atoms with Gasteiger partial charge in [0.1, 0.15) is 8.07 Å². The minimum atomic E-state index is -2.17. The first-order valence-electron chi connectivity index (χ1n) is 11.1. The summed E-state index contributed by atoms with van der Waals surface area (Å²) in [5, 5.41) is 2.27. The molecule has 0 radical (unpaired) electrons. The molecule has 0 fully saturated rings. The zero-order valence-electron chi connectivity index (χ0n) is 20.3. The largest absolute Gasteiger partial charge is 0.463 e. The minimum absolute atomic E-state index is 0.0245. The van der Waals surface area contributed by atoms with Crippen LogP contribution in [0.25, 0.3) is 6.08 Å².